The van der Waals surface area contributed by atoms with Crippen molar-refractivity contribution in [3.8, 4) is 5.75 Å². The third kappa shape index (κ3) is 4.85. The summed E-state index contributed by atoms with van der Waals surface area (Å²) in [5.41, 5.74) is 1.15. The van der Waals surface area contributed by atoms with Gasteiger partial charge < -0.3 is 15.4 Å². The lowest BCUT2D eigenvalue weighted by molar-refractivity contribution is 0.336. The van der Waals surface area contributed by atoms with Crippen LogP contribution in [-0.2, 0) is 6.54 Å². The zero-order valence-electron chi connectivity index (χ0n) is 12.3. The summed E-state index contributed by atoms with van der Waals surface area (Å²) in [5.74, 6) is 2.56. The van der Waals surface area contributed by atoms with Crippen molar-refractivity contribution >= 4 is 29.9 Å². The second-order valence-electron chi connectivity index (χ2n) is 4.93. The third-order valence-corrected chi connectivity index (χ3v) is 3.37. The molecule has 1 aromatic carbocycles. The zero-order chi connectivity index (χ0) is 13.7. The maximum Gasteiger partial charge on any atom is 0.191 e. The van der Waals surface area contributed by atoms with Crippen molar-refractivity contribution in [2.24, 2.45) is 10.9 Å². The Morgan fingerprint density at radius 2 is 2.10 bits per heavy atom. The quantitative estimate of drug-likeness (QED) is 0.463. The molecule has 0 bridgehead atoms. The summed E-state index contributed by atoms with van der Waals surface area (Å²) in [6, 6.07) is 8.67. The van der Waals surface area contributed by atoms with E-state index in [0.717, 1.165) is 29.7 Å². The molecule has 2 atom stereocenters. The highest BCUT2D eigenvalue weighted by molar-refractivity contribution is 14.0. The number of ether oxygens (including phenoxy) is 1. The monoisotopic (exact) mass is 389 g/mol. The Morgan fingerprint density at radius 1 is 1.40 bits per heavy atom. The van der Waals surface area contributed by atoms with Gasteiger partial charge in [0.1, 0.15) is 5.75 Å². The molecule has 2 rings (SSSR count). The van der Waals surface area contributed by atoms with E-state index in [1.807, 2.05) is 25.1 Å². The van der Waals surface area contributed by atoms with Gasteiger partial charge in [0.2, 0.25) is 0 Å². The molecule has 0 spiro atoms. The first-order valence-electron chi connectivity index (χ1n) is 6.92. The van der Waals surface area contributed by atoms with Crippen LogP contribution in [-0.4, -0.2) is 25.7 Å². The maximum atomic E-state index is 5.61. The van der Waals surface area contributed by atoms with Crippen LogP contribution >= 0.6 is 24.0 Å². The molecule has 5 heteroatoms. The molecular weight excluding hydrogens is 365 g/mol. The van der Waals surface area contributed by atoms with Gasteiger partial charge in [0.15, 0.2) is 5.96 Å². The first kappa shape index (κ1) is 17.1. The van der Waals surface area contributed by atoms with Crippen molar-refractivity contribution < 1.29 is 4.74 Å². The van der Waals surface area contributed by atoms with E-state index >= 15 is 0 Å². The summed E-state index contributed by atoms with van der Waals surface area (Å²) in [6.45, 7) is 5.65. The zero-order valence-corrected chi connectivity index (χ0v) is 14.7. The Kier molecular flexibility index (Phi) is 7.12. The summed E-state index contributed by atoms with van der Waals surface area (Å²) in [5, 5.41) is 6.75. The van der Waals surface area contributed by atoms with Gasteiger partial charge in [-0.05, 0) is 25.3 Å². The lowest BCUT2D eigenvalue weighted by Gasteiger charge is -2.14. The first-order valence-corrected chi connectivity index (χ1v) is 6.92. The Hall–Kier alpha value is -0.980. The molecule has 0 radical (unpaired) electrons. The van der Waals surface area contributed by atoms with E-state index in [1.165, 1.54) is 6.42 Å². The van der Waals surface area contributed by atoms with E-state index in [9.17, 15) is 0 Å². The largest absolute Gasteiger partial charge is 0.494 e. The van der Waals surface area contributed by atoms with Crippen LogP contribution < -0.4 is 15.4 Å². The van der Waals surface area contributed by atoms with Gasteiger partial charge in [-0.2, -0.15) is 0 Å². The number of hydrogen-bond donors (Lipinski definition) is 2. The van der Waals surface area contributed by atoms with E-state index in [-0.39, 0.29) is 24.0 Å². The molecule has 0 amide bonds. The Labute approximate surface area is 138 Å². The predicted molar refractivity (Wildman–Crippen MR) is 93.9 cm³/mol. The molecule has 1 saturated carbocycles. The number of nitrogens with one attached hydrogen (secondary N) is 2. The molecule has 4 nitrogen and oxygen atoms in total. The molecule has 1 aliphatic rings. The predicted octanol–water partition coefficient (Wildman–Crippen LogP) is 2.78. The smallest absolute Gasteiger partial charge is 0.191 e. The topological polar surface area (TPSA) is 45.6 Å². The van der Waals surface area contributed by atoms with Crippen LogP contribution in [0.25, 0.3) is 0 Å². The number of nitrogens with zero attached hydrogens (tertiary/aromatic N) is 1. The van der Waals surface area contributed by atoms with Gasteiger partial charge in [0, 0.05) is 25.2 Å². The van der Waals surface area contributed by atoms with Crippen molar-refractivity contribution in [2.45, 2.75) is 32.9 Å². The van der Waals surface area contributed by atoms with Gasteiger partial charge in [-0.15, -0.1) is 24.0 Å². The molecule has 2 unspecified atom stereocenters. The highest BCUT2D eigenvalue weighted by Crippen LogP contribution is 2.28. The molecule has 2 N–H and O–H groups in total. The van der Waals surface area contributed by atoms with Crippen LogP contribution in [0.5, 0.6) is 5.75 Å². The second-order valence-corrected chi connectivity index (χ2v) is 4.93. The first-order chi connectivity index (χ1) is 9.24. The minimum atomic E-state index is 0. The highest BCUT2D eigenvalue weighted by Gasteiger charge is 2.33. The summed E-state index contributed by atoms with van der Waals surface area (Å²) < 4.78 is 5.61. The number of halogens is 1. The standard InChI is InChI=1S/C15H23N3O.HI/c1-4-19-14-8-6-5-7-12(14)10-17-15(16-3)18-13-9-11(13)2;/h5-8,11,13H,4,9-10H2,1-3H3,(H2,16,17,18);1H. The Balaban J connectivity index is 0.00000200. The minimum Gasteiger partial charge on any atom is -0.494 e. The fraction of sp³-hybridized carbons (Fsp3) is 0.533. The summed E-state index contributed by atoms with van der Waals surface area (Å²) >= 11 is 0. The summed E-state index contributed by atoms with van der Waals surface area (Å²) in [7, 11) is 1.80. The Bertz CT molecular complexity index is 450. The van der Waals surface area contributed by atoms with Gasteiger partial charge in [-0.3, -0.25) is 4.99 Å². The van der Waals surface area contributed by atoms with E-state index in [2.05, 4.69) is 28.6 Å². The molecule has 0 aromatic heterocycles. The molecule has 1 aliphatic carbocycles. The number of benzene rings is 1. The van der Waals surface area contributed by atoms with Crippen LogP contribution in [0.1, 0.15) is 25.8 Å². The number of hydrogen-bond acceptors (Lipinski definition) is 2. The molecule has 112 valence electrons. The number of aliphatic imine (C=N–C) groups is 1. The van der Waals surface area contributed by atoms with Crippen molar-refractivity contribution in [3.63, 3.8) is 0 Å². The fourth-order valence-corrected chi connectivity index (χ4v) is 2.02. The fourth-order valence-electron chi connectivity index (χ4n) is 2.02. The van der Waals surface area contributed by atoms with E-state index in [4.69, 9.17) is 4.74 Å². The minimum absolute atomic E-state index is 0. The van der Waals surface area contributed by atoms with Crippen molar-refractivity contribution in [2.75, 3.05) is 13.7 Å². The van der Waals surface area contributed by atoms with E-state index in [1.54, 1.807) is 7.05 Å². The lowest BCUT2D eigenvalue weighted by Crippen LogP contribution is -2.38. The van der Waals surface area contributed by atoms with E-state index in [0.29, 0.717) is 12.6 Å². The van der Waals surface area contributed by atoms with Crippen LogP contribution in [0.15, 0.2) is 29.3 Å². The van der Waals surface area contributed by atoms with Gasteiger partial charge in [-0.1, -0.05) is 25.1 Å². The van der Waals surface area contributed by atoms with Gasteiger partial charge in [0.25, 0.3) is 0 Å². The third-order valence-electron chi connectivity index (χ3n) is 3.37. The second kappa shape index (κ2) is 8.34. The van der Waals surface area contributed by atoms with E-state index < -0.39 is 0 Å². The molecular formula is C15H24IN3O. The average molecular weight is 389 g/mol. The summed E-state index contributed by atoms with van der Waals surface area (Å²) in [4.78, 5) is 4.25. The number of guanidine groups is 1. The average Bonchev–Trinajstić information content (AvgIpc) is 3.12. The Morgan fingerprint density at radius 3 is 2.70 bits per heavy atom. The molecule has 1 aromatic rings. The van der Waals surface area contributed by atoms with Gasteiger partial charge in [-0.25, -0.2) is 0 Å². The van der Waals surface area contributed by atoms with Crippen LogP contribution in [0.2, 0.25) is 0 Å². The van der Waals surface area contributed by atoms with Crippen molar-refractivity contribution in [1.29, 1.82) is 0 Å². The lowest BCUT2D eigenvalue weighted by atomic mass is 10.2. The number of para-hydroxylation sites is 1. The molecule has 0 saturated heterocycles. The summed E-state index contributed by atoms with van der Waals surface area (Å²) in [6.07, 6.45) is 1.23. The molecule has 0 aliphatic heterocycles. The molecule has 1 fully saturated rings. The van der Waals surface area contributed by atoms with Gasteiger partial charge in [0.05, 0.1) is 6.61 Å². The van der Waals surface area contributed by atoms with Crippen LogP contribution in [0.4, 0.5) is 0 Å². The SMILES string of the molecule is CCOc1ccccc1CNC(=NC)NC1CC1C.I. The van der Waals surface area contributed by atoms with Gasteiger partial charge >= 0.3 is 0 Å². The van der Waals surface area contributed by atoms with Crippen LogP contribution in [0, 0.1) is 5.92 Å². The maximum absolute atomic E-state index is 5.61. The molecule has 20 heavy (non-hydrogen) atoms. The number of rotatable bonds is 5. The molecule has 0 heterocycles. The van der Waals surface area contributed by atoms with Crippen molar-refractivity contribution in [3.05, 3.63) is 29.8 Å². The van der Waals surface area contributed by atoms with Crippen LogP contribution in [0.3, 0.4) is 0 Å². The highest BCUT2D eigenvalue weighted by atomic mass is 127. The normalized spacial score (nSPS) is 20.9. The van der Waals surface area contributed by atoms with Crippen molar-refractivity contribution in [1.82, 2.24) is 10.6 Å².